The Morgan fingerprint density at radius 1 is 0.923 bits per heavy atom. The SMILES string of the molecule is O=C(Nc1cc(C(F)(F)F)cc(C(F)(F)F)c1)C(Cl)c1ccccc1Cl. The molecule has 0 heterocycles. The highest BCUT2D eigenvalue weighted by Gasteiger charge is 2.37. The molecule has 26 heavy (non-hydrogen) atoms. The van der Waals surface area contributed by atoms with Crippen LogP contribution in [0.15, 0.2) is 42.5 Å². The second-order valence-corrected chi connectivity index (χ2v) is 6.01. The predicted molar refractivity (Wildman–Crippen MR) is 85.1 cm³/mol. The Morgan fingerprint density at radius 2 is 1.42 bits per heavy atom. The Hall–Kier alpha value is -1.93. The second-order valence-electron chi connectivity index (χ2n) is 5.17. The summed E-state index contributed by atoms with van der Waals surface area (Å²) in [5.41, 5.74) is -3.62. The van der Waals surface area contributed by atoms with Crippen molar-refractivity contribution in [2.75, 3.05) is 5.32 Å². The quantitative estimate of drug-likeness (QED) is 0.462. The monoisotopic (exact) mass is 415 g/mol. The molecule has 1 unspecified atom stereocenters. The summed E-state index contributed by atoms with van der Waals surface area (Å²) in [6.45, 7) is 0. The van der Waals surface area contributed by atoms with Crippen LogP contribution in [0.2, 0.25) is 5.02 Å². The summed E-state index contributed by atoms with van der Waals surface area (Å²) in [5, 5.41) is 0.681. The van der Waals surface area contributed by atoms with Gasteiger partial charge in [-0.15, -0.1) is 11.6 Å². The minimum Gasteiger partial charge on any atom is -0.324 e. The standard InChI is InChI=1S/C16H9Cl2F6NO/c17-12-4-2-1-3-11(12)13(18)14(26)25-10-6-8(15(19,20)21)5-9(7-10)16(22,23)24/h1-7,13H,(H,25,26). The molecule has 2 aromatic carbocycles. The number of benzene rings is 2. The molecule has 0 saturated heterocycles. The molecule has 10 heteroatoms. The Morgan fingerprint density at radius 3 is 1.88 bits per heavy atom. The zero-order valence-corrected chi connectivity index (χ0v) is 14.1. The van der Waals surface area contributed by atoms with E-state index in [0.29, 0.717) is 12.1 Å². The van der Waals surface area contributed by atoms with Crippen LogP contribution in [0.4, 0.5) is 32.0 Å². The third-order valence-corrected chi connectivity index (χ3v) is 4.04. The predicted octanol–water partition coefficient (Wildman–Crippen LogP) is 6.30. The van der Waals surface area contributed by atoms with Gasteiger partial charge in [-0.3, -0.25) is 4.79 Å². The number of hydrogen-bond donors (Lipinski definition) is 1. The first-order valence-electron chi connectivity index (χ1n) is 6.88. The molecule has 0 saturated carbocycles. The number of carbonyl (C=O) groups excluding carboxylic acids is 1. The highest BCUT2D eigenvalue weighted by Crippen LogP contribution is 2.38. The van der Waals surface area contributed by atoms with Gasteiger partial charge < -0.3 is 5.32 Å². The fraction of sp³-hybridized carbons (Fsp3) is 0.188. The van der Waals surface area contributed by atoms with Crippen molar-refractivity contribution < 1.29 is 31.1 Å². The van der Waals surface area contributed by atoms with Gasteiger partial charge in [0.25, 0.3) is 0 Å². The van der Waals surface area contributed by atoms with Crippen molar-refractivity contribution in [1.29, 1.82) is 0 Å². The Balaban J connectivity index is 2.36. The number of halogens is 8. The molecule has 1 N–H and O–H groups in total. The van der Waals surface area contributed by atoms with Gasteiger partial charge in [0.15, 0.2) is 0 Å². The first kappa shape index (κ1) is 20.4. The topological polar surface area (TPSA) is 29.1 Å². The molecule has 1 atom stereocenters. The van der Waals surface area contributed by atoms with E-state index in [-0.39, 0.29) is 16.7 Å². The van der Waals surface area contributed by atoms with Gasteiger partial charge in [-0.25, -0.2) is 0 Å². The number of alkyl halides is 7. The van der Waals surface area contributed by atoms with Crippen LogP contribution in [0, 0.1) is 0 Å². The van der Waals surface area contributed by atoms with Crippen LogP contribution in [-0.2, 0) is 17.1 Å². The molecule has 0 radical (unpaired) electrons. The van der Waals surface area contributed by atoms with Gasteiger partial charge in [-0.1, -0.05) is 29.8 Å². The first-order valence-corrected chi connectivity index (χ1v) is 7.70. The highest BCUT2D eigenvalue weighted by atomic mass is 35.5. The lowest BCUT2D eigenvalue weighted by molar-refractivity contribution is -0.143. The number of hydrogen-bond acceptors (Lipinski definition) is 1. The van der Waals surface area contributed by atoms with Crippen molar-refractivity contribution in [3.05, 3.63) is 64.2 Å². The van der Waals surface area contributed by atoms with E-state index in [2.05, 4.69) is 0 Å². The molecular formula is C16H9Cl2F6NO. The lowest BCUT2D eigenvalue weighted by atomic mass is 10.1. The van der Waals surface area contributed by atoms with Gasteiger partial charge in [0.05, 0.1) is 11.1 Å². The molecule has 0 fully saturated rings. The molecule has 0 bridgehead atoms. The van der Waals surface area contributed by atoms with Gasteiger partial charge in [0.1, 0.15) is 5.38 Å². The fourth-order valence-corrected chi connectivity index (χ4v) is 2.60. The second kappa shape index (κ2) is 7.36. The molecule has 2 rings (SSSR count). The van der Waals surface area contributed by atoms with E-state index >= 15 is 0 Å². The summed E-state index contributed by atoms with van der Waals surface area (Å²) in [5.74, 6) is -1.02. The summed E-state index contributed by atoms with van der Waals surface area (Å²) in [6.07, 6.45) is -10.0. The number of carbonyl (C=O) groups is 1. The van der Waals surface area contributed by atoms with Gasteiger partial charge in [0, 0.05) is 10.7 Å². The summed E-state index contributed by atoms with van der Waals surface area (Å²) in [6, 6.07) is 6.68. The number of amides is 1. The third-order valence-electron chi connectivity index (χ3n) is 3.26. The third kappa shape index (κ3) is 4.82. The molecule has 1 amide bonds. The van der Waals surface area contributed by atoms with Gasteiger partial charge in [-0.05, 0) is 29.8 Å². The Kier molecular flexibility index (Phi) is 5.77. The largest absolute Gasteiger partial charge is 0.416 e. The molecule has 0 aliphatic carbocycles. The lowest BCUT2D eigenvalue weighted by Gasteiger charge is -2.16. The summed E-state index contributed by atoms with van der Waals surface area (Å²) in [7, 11) is 0. The van der Waals surface area contributed by atoms with Gasteiger partial charge in [-0.2, -0.15) is 26.3 Å². The average molecular weight is 416 g/mol. The summed E-state index contributed by atoms with van der Waals surface area (Å²) >= 11 is 11.8. The highest BCUT2D eigenvalue weighted by molar-refractivity contribution is 6.36. The molecule has 2 aromatic rings. The Labute approximate surface area is 153 Å². The van der Waals surface area contributed by atoms with E-state index in [0.717, 1.165) is 0 Å². The van der Waals surface area contributed by atoms with E-state index in [1.165, 1.54) is 18.2 Å². The van der Waals surface area contributed by atoms with Crippen molar-refractivity contribution in [3.63, 3.8) is 0 Å². The van der Waals surface area contributed by atoms with Crippen LogP contribution < -0.4 is 5.32 Å². The van der Waals surface area contributed by atoms with E-state index in [1.807, 2.05) is 5.32 Å². The summed E-state index contributed by atoms with van der Waals surface area (Å²) < 4.78 is 77.0. The molecule has 2 nitrogen and oxygen atoms in total. The van der Waals surface area contributed by atoms with Crippen molar-refractivity contribution >= 4 is 34.8 Å². The van der Waals surface area contributed by atoms with Crippen LogP contribution in [0.1, 0.15) is 22.1 Å². The normalized spacial score (nSPS) is 13.4. The van der Waals surface area contributed by atoms with Crippen molar-refractivity contribution in [2.24, 2.45) is 0 Å². The zero-order valence-electron chi connectivity index (χ0n) is 12.6. The lowest BCUT2D eigenvalue weighted by Crippen LogP contribution is -2.19. The summed E-state index contributed by atoms with van der Waals surface area (Å²) in [4.78, 5) is 12.1. The van der Waals surface area contributed by atoms with Crippen molar-refractivity contribution in [1.82, 2.24) is 0 Å². The zero-order chi connectivity index (χ0) is 19.7. The number of anilines is 1. The maximum absolute atomic E-state index is 12.8. The van der Waals surface area contributed by atoms with E-state index in [1.54, 1.807) is 6.07 Å². The average Bonchev–Trinajstić information content (AvgIpc) is 2.52. The van der Waals surface area contributed by atoms with E-state index in [9.17, 15) is 31.1 Å². The molecular weight excluding hydrogens is 407 g/mol. The fourth-order valence-electron chi connectivity index (χ4n) is 2.05. The van der Waals surface area contributed by atoms with Crippen LogP contribution in [0.3, 0.4) is 0 Å². The molecule has 0 aromatic heterocycles. The first-order chi connectivity index (χ1) is 11.9. The minimum atomic E-state index is -5.02. The van der Waals surface area contributed by atoms with E-state index < -0.39 is 40.5 Å². The van der Waals surface area contributed by atoms with Crippen LogP contribution in [-0.4, -0.2) is 5.91 Å². The van der Waals surface area contributed by atoms with Crippen molar-refractivity contribution in [2.45, 2.75) is 17.7 Å². The molecule has 0 spiro atoms. The van der Waals surface area contributed by atoms with Crippen molar-refractivity contribution in [3.8, 4) is 0 Å². The smallest absolute Gasteiger partial charge is 0.324 e. The maximum atomic E-state index is 12.8. The van der Waals surface area contributed by atoms with Crippen LogP contribution >= 0.6 is 23.2 Å². The van der Waals surface area contributed by atoms with Gasteiger partial charge >= 0.3 is 12.4 Å². The Bertz CT molecular complexity index is 787. The van der Waals surface area contributed by atoms with Crippen LogP contribution in [0.5, 0.6) is 0 Å². The molecule has 140 valence electrons. The number of nitrogens with one attached hydrogen (secondary N) is 1. The molecule has 0 aliphatic heterocycles. The maximum Gasteiger partial charge on any atom is 0.416 e. The van der Waals surface area contributed by atoms with Crippen LogP contribution in [0.25, 0.3) is 0 Å². The van der Waals surface area contributed by atoms with E-state index in [4.69, 9.17) is 23.2 Å². The molecule has 0 aliphatic rings. The van der Waals surface area contributed by atoms with Gasteiger partial charge in [0.2, 0.25) is 5.91 Å². The minimum absolute atomic E-state index is 0.0398. The number of rotatable bonds is 3.